The van der Waals surface area contributed by atoms with Crippen LogP contribution in [0.4, 0.5) is 0 Å². The van der Waals surface area contributed by atoms with E-state index < -0.39 is 0 Å². The molecule has 0 spiro atoms. The van der Waals surface area contributed by atoms with Crippen LogP contribution < -0.4 is 0 Å². The van der Waals surface area contributed by atoms with Crippen molar-refractivity contribution < 1.29 is 0 Å². The molecule has 0 amide bonds. The highest BCUT2D eigenvalue weighted by Crippen LogP contribution is 2.34. The number of para-hydroxylation sites is 1. The Morgan fingerprint density at radius 1 is 0.232 bits per heavy atom. The zero-order chi connectivity index (χ0) is 37.3. The Morgan fingerprint density at radius 3 is 1.39 bits per heavy atom. The Hall–Kier alpha value is -7.63. The number of aromatic nitrogens is 5. The van der Waals surface area contributed by atoms with Gasteiger partial charge in [-0.1, -0.05) is 170 Å². The standard InChI is InChI=1S/C51H33N5/c1-3-14-34(15-4-1)35-28-30-37(31-29-35)50-54-49(36-16-5-2-6-17-36)55-51(56-50)41-21-12-19-39(33-41)38-18-11-20-40(32-38)45-26-13-27-47(52-45)48-44-24-8-7-22-42(44)43-23-9-10-25-46(43)53-48/h1-33H. The van der Waals surface area contributed by atoms with E-state index >= 15 is 0 Å². The van der Waals surface area contributed by atoms with Crippen molar-refractivity contribution >= 4 is 21.7 Å². The van der Waals surface area contributed by atoms with Gasteiger partial charge in [-0.3, -0.25) is 0 Å². The molecule has 0 radical (unpaired) electrons. The van der Waals surface area contributed by atoms with Crippen LogP contribution in [0.3, 0.4) is 0 Å². The van der Waals surface area contributed by atoms with Crippen molar-refractivity contribution in [2.45, 2.75) is 0 Å². The molecular formula is C51H33N5. The van der Waals surface area contributed by atoms with Crippen LogP contribution in [0.2, 0.25) is 0 Å². The molecule has 3 aromatic heterocycles. The van der Waals surface area contributed by atoms with E-state index in [1.54, 1.807) is 0 Å². The first kappa shape index (κ1) is 33.0. The van der Waals surface area contributed by atoms with Crippen molar-refractivity contribution in [1.29, 1.82) is 0 Å². The van der Waals surface area contributed by atoms with Gasteiger partial charge in [-0.2, -0.15) is 0 Å². The fourth-order valence-corrected chi connectivity index (χ4v) is 7.32. The molecule has 0 N–H and O–H groups in total. The predicted molar refractivity (Wildman–Crippen MR) is 228 cm³/mol. The summed E-state index contributed by atoms with van der Waals surface area (Å²) in [5.74, 6) is 1.87. The van der Waals surface area contributed by atoms with E-state index in [1.165, 1.54) is 10.9 Å². The topological polar surface area (TPSA) is 64.5 Å². The third-order valence-corrected chi connectivity index (χ3v) is 10.1. The molecule has 0 aliphatic rings. The van der Waals surface area contributed by atoms with Crippen molar-refractivity contribution in [3.05, 3.63) is 200 Å². The maximum atomic E-state index is 5.18. The van der Waals surface area contributed by atoms with Gasteiger partial charge in [-0.05, 0) is 58.0 Å². The molecule has 7 aromatic carbocycles. The summed E-state index contributed by atoms with van der Waals surface area (Å²) >= 11 is 0. The first-order valence-electron chi connectivity index (χ1n) is 18.7. The molecule has 0 aliphatic carbocycles. The lowest BCUT2D eigenvalue weighted by Gasteiger charge is -2.12. The van der Waals surface area contributed by atoms with E-state index in [2.05, 4.69) is 152 Å². The van der Waals surface area contributed by atoms with E-state index in [0.29, 0.717) is 17.5 Å². The number of benzene rings is 7. The van der Waals surface area contributed by atoms with Crippen molar-refractivity contribution in [2.24, 2.45) is 0 Å². The Kier molecular flexibility index (Phi) is 8.43. The normalized spacial score (nSPS) is 11.2. The van der Waals surface area contributed by atoms with E-state index in [9.17, 15) is 0 Å². The minimum atomic E-state index is 0.614. The minimum absolute atomic E-state index is 0.614. The first-order chi connectivity index (χ1) is 27.7. The monoisotopic (exact) mass is 715 g/mol. The molecule has 5 nitrogen and oxygen atoms in total. The van der Waals surface area contributed by atoms with Crippen LogP contribution in [0.5, 0.6) is 0 Å². The predicted octanol–water partition coefficient (Wildman–Crippen LogP) is 12.6. The number of pyridine rings is 2. The molecule has 0 aliphatic heterocycles. The highest BCUT2D eigenvalue weighted by molar-refractivity contribution is 6.10. The zero-order valence-corrected chi connectivity index (χ0v) is 30.3. The molecule has 10 aromatic rings. The van der Waals surface area contributed by atoms with Gasteiger partial charge in [0, 0.05) is 33.0 Å². The van der Waals surface area contributed by atoms with Gasteiger partial charge >= 0.3 is 0 Å². The largest absolute Gasteiger partial charge is 0.246 e. The lowest BCUT2D eigenvalue weighted by Crippen LogP contribution is -2.00. The minimum Gasteiger partial charge on any atom is -0.246 e. The highest BCUT2D eigenvalue weighted by Gasteiger charge is 2.15. The highest BCUT2D eigenvalue weighted by atomic mass is 15.0. The van der Waals surface area contributed by atoms with Crippen LogP contribution in [0.15, 0.2) is 200 Å². The average molecular weight is 716 g/mol. The molecule has 0 bridgehead atoms. The second kappa shape index (κ2) is 14.3. The Bertz CT molecular complexity index is 3020. The summed E-state index contributed by atoms with van der Waals surface area (Å²) in [5.41, 5.74) is 11.8. The molecule has 56 heavy (non-hydrogen) atoms. The Labute approximate surface area is 324 Å². The summed E-state index contributed by atoms with van der Waals surface area (Å²) in [6.07, 6.45) is 0. The smallest absolute Gasteiger partial charge is 0.164 e. The van der Waals surface area contributed by atoms with Gasteiger partial charge in [0.1, 0.15) is 0 Å². The second-order valence-corrected chi connectivity index (χ2v) is 13.7. The Morgan fingerprint density at radius 2 is 0.679 bits per heavy atom. The molecular weight excluding hydrogens is 683 g/mol. The molecule has 0 saturated carbocycles. The zero-order valence-electron chi connectivity index (χ0n) is 30.3. The fourth-order valence-electron chi connectivity index (χ4n) is 7.32. The number of rotatable bonds is 7. The van der Waals surface area contributed by atoms with Gasteiger partial charge in [0.05, 0.1) is 22.6 Å². The van der Waals surface area contributed by atoms with E-state index in [0.717, 1.165) is 72.3 Å². The van der Waals surface area contributed by atoms with Crippen LogP contribution in [0, 0.1) is 0 Å². The molecule has 262 valence electrons. The van der Waals surface area contributed by atoms with Crippen LogP contribution in [-0.4, -0.2) is 24.9 Å². The number of hydrogen-bond acceptors (Lipinski definition) is 5. The SMILES string of the molecule is c1ccc(-c2ccc(-c3nc(-c4ccccc4)nc(-c4cccc(-c5cccc(-c6cccc(-c7nc8ccccc8c8ccccc78)n6)c5)c4)n3)cc2)cc1. The summed E-state index contributed by atoms with van der Waals surface area (Å²) < 4.78 is 0. The molecule has 0 saturated heterocycles. The molecule has 0 unspecified atom stereocenters. The lowest BCUT2D eigenvalue weighted by molar-refractivity contribution is 1.07. The average Bonchev–Trinajstić information content (AvgIpc) is 3.29. The third kappa shape index (κ3) is 6.37. The summed E-state index contributed by atoms with van der Waals surface area (Å²) in [6.45, 7) is 0. The molecule has 0 atom stereocenters. The number of hydrogen-bond donors (Lipinski definition) is 0. The molecule has 5 heteroatoms. The van der Waals surface area contributed by atoms with E-state index in [1.807, 2.05) is 48.5 Å². The van der Waals surface area contributed by atoms with Crippen LogP contribution in [0.25, 0.3) is 101 Å². The van der Waals surface area contributed by atoms with E-state index in [-0.39, 0.29) is 0 Å². The molecule has 10 rings (SSSR count). The second-order valence-electron chi connectivity index (χ2n) is 13.7. The van der Waals surface area contributed by atoms with Gasteiger partial charge in [0.25, 0.3) is 0 Å². The maximum Gasteiger partial charge on any atom is 0.164 e. The van der Waals surface area contributed by atoms with Gasteiger partial charge in [-0.25, -0.2) is 24.9 Å². The summed E-state index contributed by atoms with van der Waals surface area (Å²) in [6, 6.07) is 68.7. The van der Waals surface area contributed by atoms with Gasteiger partial charge in [0.15, 0.2) is 17.5 Å². The summed E-state index contributed by atoms with van der Waals surface area (Å²) in [4.78, 5) is 25.3. The van der Waals surface area contributed by atoms with Gasteiger partial charge in [0.2, 0.25) is 0 Å². The van der Waals surface area contributed by atoms with Crippen LogP contribution in [-0.2, 0) is 0 Å². The number of fused-ring (bicyclic) bond motifs is 3. The maximum absolute atomic E-state index is 5.18. The molecule has 0 fully saturated rings. The van der Waals surface area contributed by atoms with Gasteiger partial charge in [-0.15, -0.1) is 0 Å². The lowest BCUT2D eigenvalue weighted by atomic mass is 9.99. The van der Waals surface area contributed by atoms with Crippen LogP contribution in [0.1, 0.15) is 0 Å². The van der Waals surface area contributed by atoms with E-state index in [4.69, 9.17) is 24.9 Å². The van der Waals surface area contributed by atoms with Crippen molar-refractivity contribution in [2.75, 3.05) is 0 Å². The number of nitrogens with zero attached hydrogens (tertiary/aromatic N) is 5. The van der Waals surface area contributed by atoms with Crippen molar-refractivity contribution in [3.8, 4) is 79.1 Å². The van der Waals surface area contributed by atoms with Crippen molar-refractivity contribution in [3.63, 3.8) is 0 Å². The third-order valence-electron chi connectivity index (χ3n) is 10.1. The van der Waals surface area contributed by atoms with Gasteiger partial charge < -0.3 is 0 Å². The molecule has 3 heterocycles. The summed E-state index contributed by atoms with van der Waals surface area (Å²) in [5, 5.41) is 3.40. The Balaban J connectivity index is 1.01. The fraction of sp³-hybridized carbons (Fsp3) is 0. The van der Waals surface area contributed by atoms with Crippen LogP contribution >= 0.6 is 0 Å². The first-order valence-corrected chi connectivity index (χ1v) is 18.7. The van der Waals surface area contributed by atoms with Crippen molar-refractivity contribution in [1.82, 2.24) is 24.9 Å². The quantitative estimate of drug-likeness (QED) is 0.154. The summed E-state index contributed by atoms with van der Waals surface area (Å²) in [7, 11) is 0.